The first-order chi connectivity index (χ1) is 5.97. The fourth-order valence-electron chi connectivity index (χ4n) is 2.72. The summed E-state index contributed by atoms with van der Waals surface area (Å²) in [6.45, 7) is 0. The lowest BCUT2D eigenvalue weighted by Gasteiger charge is -2.14. The summed E-state index contributed by atoms with van der Waals surface area (Å²) in [5.74, 6) is 0.995. The first kappa shape index (κ1) is 8.34. The fourth-order valence-corrected chi connectivity index (χ4v) is 2.72. The molecule has 0 aliphatic heterocycles. The van der Waals surface area contributed by atoms with Crippen molar-refractivity contribution in [2.24, 2.45) is 5.92 Å². The number of allylic oxidation sites excluding steroid dienone is 2. The van der Waals surface area contributed by atoms with E-state index in [2.05, 4.69) is 6.08 Å². The molecular weight excluding hydrogens is 144 g/mol. The zero-order chi connectivity index (χ0) is 8.23. The van der Waals surface area contributed by atoms with E-state index in [-0.39, 0.29) is 0 Å². The second kappa shape index (κ2) is 4.11. The molecule has 12 heavy (non-hydrogen) atoms. The van der Waals surface area contributed by atoms with E-state index >= 15 is 0 Å². The number of hydrogen-bond donors (Lipinski definition) is 0. The van der Waals surface area contributed by atoms with E-state index in [1.54, 1.807) is 0 Å². The summed E-state index contributed by atoms with van der Waals surface area (Å²) in [6.07, 6.45) is 15.7. The molecule has 0 nitrogen and oxygen atoms in total. The summed E-state index contributed by atoms with van der Waals surface area (Å²) in [5.41, 5.74) is 1.82. The third-order valence-electron chi connectivity index (χ3n) is 3.46. The zero-order valence-electron chi connectivity index (χ0n) is 8.02. The van der Waals surface area contributed by atoms with Crippen LogP contribution in [-0.4, -0.2) is 0 Å². The minimum absolute atomic E-state index is 0.995. The minimum atomic E-state index is 0.995. The van der Waals surface area contributed by atoms with Crippen molar-refractivity contribution < 1.29 is 0 Å². The van der Waals surface area contributed by atoms with Crippen molar-refractivity contribution in [1.82, 2.24) is 0 Å². The highest BCUT2D eigenvalue weighted by Gasteiger charge is 2.18. The van der Waals surface area contributed by atoms with Crippen LogP contribution in [0.3, 0.4) is 0 Å². The van der Waals surface area contributed by atoms with Crippen LogP contribution >= 0.6 is 0 Å². The van der Waals surface area contributed by atoms with Crippen molar-refractivity contribution in [3.63, 3.8) is 0 Å². The van der Waals surface area contributed by atoms with Crippen LogP contribution in [0.2, 0.25) is 0 Å². The van der Waals surface area contributed by atoms with Gasteiger partial charge in [0.1, 0.15) is 0 Å². The van der Waals surface area contributed by atoms with Crippen molar-refractivity contribution in [2.45, 2.75) is 57.8 Å². The Labute approximate surface area is 76.1 Å². The molecule has 2 aliphatic carbocycles. The average molecular weight is 164 g/mol. The SMILES string of the molecule is C1=C(C2CCCCCC2)CCC1. The third kappa shape index (κ3) is 1.91. The van der Waals surface area contributed by atoms with Gasteiger partial charge >= 0.3 is 0 Å². The van der Waals surface area contributed by atoms with Crippen LogP contribution in [0, 0.1) is 5.92 Å². The molecule has 0 unspecified atom stereocenters. The van der Waals surface area contributed by atoms with Gasteiger partial charge in [0.15, 0.2) is 0 Å². The van der Waals surface area contributed by atoms with E-state index in [0.717, 1.165) is 5.92 Å². The van der Waals surface area contributed by atoms with E-state index in [9.17, 15) is 0 Å². The normalized spacial score (nSPS) is 26.8. The highest BCUT2D eigenvalue weighted by atomic mass is 14.2. The minimum Gasteiger partial charge on any atom is -0.0850 e. The molecule has 0 aromatic heterocycles. The molecule has 2 rings (SSSR count). The summed E-state index contributed by atoms with van der Waals surface area (Å²) in [6, 6.07) is 0. The van der Waals surface area contributed by atoms with Gasteiger partial charge in [-0.15, -0.1) is 0 Å². The Balaban J connectivity index is 1.91. The average Bonchev–Trinajstić information content (AvgIpc) is 2.48. The van der Waals surface area contributed by atoms with Gasteiger partial charge in [-0.2, -0.15) is 0 Å². The van der Waals surface area contributed by atoms with E-state index in [1.165, 1.54) is 57.8 Å². The maximum atomic E-state index is 2.52. The van der Waals surface area contributed by atoms with Gasteiger partial charge in [-0.25, -0.2) is 0 Å². The predicted octanol–water partition coefficient (Wildman–Crippen LogP) is 4.07. The van der Waals surface area contributed by atoms with Crippen LogP contribution in [-0.2, 0) is 0 Å². The van der Waals surface area contributed by atoms with E-state index in [1.807, 2.05) is 5.57 Å². The maximum Gasteiger partial charge on any atom is -0.0203 e. The standard InChI is InChI=1S/C12H20/c1-2-4-8-11(7-3-1)12-9-5-6-10-12/h9,11H,1-8,10H2. The fraction of sp³-hybridized carbons (Fsp3) is 0.833. The molecule has 0 amide bonds. The smallest absolute Gasteiger partial charge is 0.0203 e. The molecule has 0 atom stereocenters. The van der Waals surface area contributed by atoms with E-state index in [0.29, 0.717) is 0 Å². The summed E-state index contributed by atoms with van der Waals surface area (Å²) in [4.78, 5) is 0. The lowest BCUT2D eigenvalue weighted by atomic mass is 9.91. The van der Waals surface area contributed by atoms with Crippen LogP contribution in [0.5, 0.6) is 0 Å². The van der Waals surface area contributed by atoms with Gasteiger partial charge in [-0.1, -0.05) is 37.3 Å². The molecule has 0 spiro atoms. The van der Waals surface area contributed by atoms with Gasteiger partial charge in [0.05, 0.1) is 0 Å². The monoisotopic (exact) mass is 164 g/mol. The van der Waals surface area contributed by atoms with Gasteiger partial charge in [0.2, 0.25) is 0 Å². The van der Waals surface area contributed by atoms with Gasteiger partial charge in [-0.05, 0) is 38.0 Å². The second-order valence-electron chi connectivity index (χ2n) is 4.36. The molecule has 0 N–H and O–H groups in total. The number of rotatable bonds is 1. The van der Waals surface area contributed by atoms with Crippen molar-refractivity contribution >= 4 is 0 Å². The van der Waals surface area contributed by atoms with Crippen LogP contribution in [0.1, 0.15) is 57.8 Å². The molecule has 0 saturated heterocycles. The lowest BCUT2D eigenvalue weighted by molar-refractivity contribution is 0.518. The molecule has 1 fully saturated rings. The highest BCUT2D eigenvalue weighted by Crippen LogP contribution is 2.34. The summed E-state index contributed by atoms with van der Waals surface area (Å²) < 4.78 is 0. The first-order valence-electron chi connectivity index (χ1n) is 5.66. The van der Waals surface area contributed by atoms with Gasteiger partial charge < -0.3 is 0 Å². The molecule has 68 valence electrons. The van der Waals surface area contributed by atoms with Gasteiger partial charge in [0.25, 0.3) is 0 Å². The van der Waals surface area contributed by atoms with Crippen molar-refractivity contribution in [2.75, 3.05) is 0 Å². The van der Waals surface area contributed by atoms with Crippen molar-refractivity contribution in [3.05, 3.63) is 11.6 Å². The van der Waals surface area contributed by atoms with Crippen LogP contribution < -0.4 is 0 Å². The Kier molecular flexibility index (Phi) is 2.86. The molecule has 0 aromatic rings. The van der Waals surface area contributed by atoms with E-state index < -0.39 is 0 Å². The Morgan fingerprint density at radius 1 is 0.917 bits per heavy atom. The topological polar surface area (TPSA) is 0 Å². The maximum absolute atomic E-state index is 2.52. The number of hydrogen-bond acceptors (Lipinski definition) is 0. The summed E-state index contributed by atoms with van der Waals surface area (Å²) in [5, 5.41) is 0. The Morgan fingerprint density at radius 2 is 1.67 bits per heavy atom. The molecule has 0 bridgehead atoms. The van der Waals surface area contributed by atoms with Crippen LogP contribution in [0.25, 0.3) is 0 Å². The zero-order valence-corrected chi connectivity index (χ0v) is 8.02. The van der Waals surface area contributed by atoms with Crippen molar-refractivity contribution in [3.8, 4) is 0 Å². The molecule has 0 radical (unpaired) electrons. The third-order valence-corrected chi connectivity index (χ3v) is 3.46. The molecule has 0 heteroatoms. The van der Waals surface area contributed by atoms with Crippen LogP contribution in [0.15, 0.2) is 11.6 Å². The summed E-state index contributed by atoms with van der Waals surface area (Å²) in [7, 11) is 0. The van der Waals surface area contributed by atoms with Crippen molar-refractivity contribution in [1.29, 1.82) is 0 Å². The molecule has 0 aromatic carbocycles. The Morgan fingerprint density at radius 3 is 2.25 bits per heavy atom. The first-order valence-corrected chi connectivity index (χ1v) is 5.66. The Bertz CT molecular complexity index is 159. The highest BCUT2D eigenvalue weighted by molar-refractivity contribution is 5.11. The summed E-state index contributed by atoms with van der Waals surface area (Å²) >= 11 is 0. The quantitative estimate of drug-likeness (QED) is 0.405. The van der Waals surface area contributed by atoms with Gasteiger partial charge in [0, 0.05) is 0 Å². The molecule has 2 aliphatic rings. The molecule has 0 heterocycles. The predicted molar refractivity (Wildman–Crippen MR) is 53.1 cm³/mol. The largest absolute Gasteiger partial charge is 0.0850 e. The lowest BCUT2D eigenvalue weighted by Crippen LogP contribution is -2.00. The van der Waals surface area contributed by atoms with E-state index in [4.69, 9.17) is 0 Å². The second-order valence-corrected chi connectivity index (χ2v) is 4.36. The van der Waals surface area contributed by atoms with Gasteiger partial charge in [-0.3, -0.25) is 0 Å². The molecular formula is C12H20. The molecule has 1 saturated carbocycles. The van der Waals surface area contributed by atoms with Crippen LogP contribution in [0.4, 0.5) is 0 Å². The Hall–Kier alpha value is -0.260.